The molecule has 0 bridgehead atoms. The number of para-hydroxylation sites is 1. The van der Waals surface area contributed by atoms with Gasteiger partial charge in [0.05, 0.1) is 28.0 Å². The van der Waals surface area contributed by atoms with Crippen LogP contribution in [-0.2, 0) is 6.18 Å². The van der Waals surface area contributed by atoms with E-state index in [0.29, 0.717) is 17.3 Å². The first kappa shape index (κ1) is 25.4. The molecule has 2 aliphatic rings. The standard InChI is InChI=1S/C28H26ClF3N4OS/c29-19-7-8-22-21(17-19)33-27(37)36(22)20-10-14-34(15-11-20)12-3-13-35-23-4-1-2-5-25(23)38-26-9-6-18(16-24(26)35)28(30,31)32/h1-2,4-9,16-17,20H,3,10-15H2,(H,33,37). The smallest absolute Gasteiger partial charge is 0.340 e. The van der Waals surface area contributed by atoms with Crippen LogP contribution in [-0.4, -0.2) is 40.6 Å². The fourth-order valence-corrected chi connectivity index (χ4v) is 6.81. The molecule has 198 valence electrons. The van der Waals surface area contributed by atoms with E-state index in [4.69, 9.17) is 11.6 Å². The molecule has 2 aliphatic heterocycles. The van der Waals surface area contributed by atoms with Crippen LogP contribution in [0.1, 0.15) is 30.9 Å². The highest BCUT2D eigenvalue weighted by Gasteiger charge is 2.33. The van der Waals surface area contributed by atoms with E-state index >= 15 is 0 Å². The molecular formula is C28H26ClF3N4OS. The van der Waals surface area contributed by atoms with Crippen molar-refractivity contribution in [2.45, 2.75) is 41.3 Å². The molecule has 0 spiro atoms. The van der Waals surface area contributed by atoms with E-state index in [1.54, 1.807) is 18.2 Å². The molecule has 1 aromatic heterocycles. The molecule has 10 heteroatoms. The van der Waals surface area contributed by atoms with Gasteiger partial charge in [-0.15, -0.1) is 0 Å². The van der Waals surface area contributed by atoms with Gasteiger partial charge < -0.3 is 14.8 Å². The summed E-state index contributed by atoms with van der Waals surface area (Å²) >= 11 is 7.59. The summed E-state index contributed by atoms with van der Waals surface area (Å²) in [5.41, 5.74) is 2.44. The largest absolute Gasteiger partial charge is 0.416 e. The second-order valence-electron chi connectivity index (χ2n) is 9.79. The minimum absolute atomic E-state index is 0.112. The monoisotopic (exact) mass is 558 g/mol. The summed E-state index contributed by atoms with van der Waals surface area (Å²) in [5, 5.41) is 0.591. The number of imidazole rings is 1. The average Bonchev–Trinajstić information content (AvgIpc) is 3.22. The number of nitrogens with one attached hydrogen (secondary N) is 1. The molecule has 0 atom stereocenters. The Hall–Kier alpha value is -2.88. The highest BCUT2D eigenvalue weighted by Crippen LogP contribution is 2.49. The molecule has 0 unspecified atom stereocenters. The summed E-state index contributed by atoms with van der Waals surface area (Å²) in [5.74, 6) is 0. The normalized spacial score (nSPS) is 16.6. The van der Waals surface area contributed by atoms with Crippen molar-refractivity contribution in [3.05, 3.63) is 81.7 Å². The molecule has 1 N–H and O–H groups in total. The average molecular weight is 559 g/mol. The van der Waals surface area contributed by atoms with Gasteiger partial charge in [-0.2, -0.15) is 13.2 Å². The maximum Gasteiger partial charge on any atom is 0.416 e. The number of hydrogen-bond donors (Lipinski definition) is 1. The molecule has 0 radical (unpaired) electrons. The summed E-state index contributed by atoms with van der Waals surface area (Å²) in [4.78, 5) is 21.8. The maximum atomic E-state index is 13.5. The van der Waals surface area contributed by atoms with Crippen LogP contribution in [0.25, 0.3) is 11.0 Å². The van der Waals surface area contributed by atoms with Gasteiger partial charge in [0.15, 0.2) is 0 Å². The molecule has 1 saturated heterocycles. The molecule has 3 aromatic carbocycles. The third-order valence-electron chi connectivity index (χ3n) is 7.41. The Bertz CT molecular complexity index is 1540. The van der Waals surface area contributed by atoms with Crippen LogP contribution < -0.4 is 10.6 Å². The number of benzene rings is 3. The van der Waals surface area contributed by atoms with E-state index in [0.717, 1.165) is 71.5 Å². The Morgan fingerprint density at radius 3 is 2.50 bits per heavy atom. The molecule has 4 aromatic rings. The third-order valence-corrected chi connectivity index (χ3v) is 8.78. The molecular weight excluding hydrogens is 533 g/mol. The van der Waals surface area contributed by atoms with Gasteiger partial charge in [0.2, 0.25) is 0 Å². The fraction of sp³-hybridized carbons (Fsp3) is 0.321. The third kappa shape index (κ3) is 4.83. The number of aromatic nitrogens is 2. The SMILES string of the molecule is O=c1[nH]c2cc(Cl)ccc2n1C1CCN(CCCN2c3ccccc3Sc3ccc(C(F)(F)F)cc32)CC1. The second kappa shape index (κ2) is 10.0. The summed E-state index contributed by atoms with van der Waals surface area (Å²) in [6.45, 7) is 3.18. The maximum absolute atomic E-state index is 13.5. The predicted molar refractivity (Wildman–Crippen MR) is 146 cm³/mol. The van der Waals surface area contributed by atoms with Crippen molar-refractivity contribution in [3.8, 4) is 0 Å². The van der Waals surface area contributed by atoms with Gasteiger partial charge in [0.1, 0.15) is 0 Å². The van der Waals surface area contributed by atoms with Crippen LogP contribution >= 0.6 is 23.4 Å². The zero-order chi connectivity index (χ0) is 26.4. The molecule has 3 heterocycles. The van der Waals surface area contributed by atoms with Crippen molar-refractivity contribution in [2.75, 3.05) is 31.1 Å². The number of alkyl halides is 3. The van der Waals surface area contributed by atoms with E-state index in [-0.39, 0.29) is 11.7 Å². The van der Waals surface area contributed by atoms with E-state index in [9.17, 15) is 18.0 Å². The van der Waals surface area contributed by atoms with Gasteiger partial charge in [-0.25, -0.2) is 4.79 Å². The lowest BCUT2D eigenvalue weighted by molar-refractivity contribution is -0.137. The minimum atomic E-state index is -4.38. The predicted octanol–water partition coefficient (Wildman–Crippen LogP) is 7.33. The van der Waals surface area contributed by atoms with E-state index < -0.39 is 11.7 Å². The lowest BCUT2D eigenvalue weighted by Gasteiger charge is -2.35. The number of nitrogens with zero attached hydrogens (tertiary/aromatic N) is 3. The fourth-order valence-electron chi connectivity index (χ4n) is 5.57. The first-order valence-electron chi connectivity index (χ1n) is 12.7. The number of hydrogen-bond acceptors (Lipinski definition) is 4. The lowest BCUT2D eigenvalue weighted by atomic mass is 10.0. The quantitative estimate of drug-likeness (QED) is 0.278. The van der Waals surface area contributed by atoms with Crippen molar-refractivity contribution < 1.29 is 13.2 Å². The Kier molecular flexibility index (Phi) is 6.70. The van der Waals surface area contributed by atoms with Crippen molar-refractivity contribution in [1.82, 2.24) is 14.5 Å². The number of likely N-dealkylation sites (tertiary alicyclic amines) is 1. The van der Waals surface area contributed by atoms with Gasteiger partial charge in [0, 0.05) is 40.5 Å². The molecule has 1 fully saturated rings. The Morgan fingerprint density at radius 1 is 0.947 bits per heavy atom. The molecule has 0 amide bonds. The van der Waals surface area contributed by atoms with Crippen LogP contribution in [0.2, 0.25) is 5.02 Å². The summed E-state index contributed by atoms with van der Waals surface area (Å²) in [6, 6.07) is 17.5. The number of fused-ring (bicyclic) bond motifs is 3. The van der Waals surface area contributed by atoms with E-state index in [2.05, 4.69) is 9.88 Å². The van der Waals surface area contributed by atoms with Crippen LogP contribution in [0.15, 0.2) is 75.2 Å². The summed E-state index contributed by atoms with van der Waals surface area (Å²) in [6.07, 6.45) is -1.86. The number of aromatic amines is 1. The molecule has 0 saturated carbocycles. The molecule has 5 nitrogen and oxygen atoms in total. The summed E-state index contributed by atoms with van der Waals surface area (Å²) < 4.78 is 42.3. The van der Waals surface area contributed by atoms with Gasteiger partial charge in [0.25, 0.3) is 0 Å². The Morgan fingerprint density at radius 2 is 1.71 bits per heavy atom. The first-order chi connectivity index (χ1) is 18.3. The number of rotatable bonds is 5. The number of H-pyrrole nitrogens is 1. The Balaban J connectivity index is 1.13. The number of anilines is 2. The highest BCUT2D eigenvalue weighted by atomic mass is 35.5. The number of halogens is 4. The lowest BCUT2D eigenvalue weighted by Crippen LogP contribution is -2.38. The van der Waals surface area contributed by atoms with Crippen molar-refractivity contribution in [3.63, 3.8) is 0 Å². The minimum Gasteiger partial charge on any atom is -0.340 e. The highest BCUT2D eigenvalue weighted by molar-refractivity contribution is 7.99. The topological polar surface area (TPSA) is 44.3 Å². The van der Waals surface area contributed by atoms with E-state index in [1.165, 1.54) is 17.8 Å². The Labute approximate surface area is 227 Å². The summed E-state index contributed by atoms with van der Waals surface area (Å²) in [7, 11) is 0. The van der Waals surface area contributed by atoms with Gasteiger partial charge >= 0.3 is 11.9 Å². The van der Waals surface area contributed by atoms with Crippen LogP contribution in [0.4, 0.5) is 24.5 Å². The zero-order valence-electron chi connectivity index (χ0n) is 20.5. The molecule has 6 rings (SSSR count). The molecule has 38 heavy (non-hydrogen) atoms. The van der Waals surface area contributed by atoms with Gasteiger partial charge in [-0.1, -0.05) is 35.5 Å². The van der Waals surface area contributed by atoms with Crippen molar-refractivity contribution in [1.29, 1.82) is 0 Å². The van der Waals surface area contributed by atoms with Crippen LogP contribution in [0.3, 0.4) is 0 Å². The second-order valence-corrected chi connectivity index (χ2v) is 11.3. The molecule has 0 aliphatic carbocycles. The zero-order valence-corrected chi connectivity index (χ0v) is 22.0. The van der Waals surface area contributed by atoms with Gasteiger partial charge in [-0.3, -0.25) is 4.57 Å². The van der Waals surface area contributed by atoms with Gasteiger partial charge in [-0.05, 0) is 74.3 Å². The van der Waals surface area contributed by atoms with Crippen molar-refractivity contribution >= 4 is 45.8 Å². The first-order valence-corrected chi connectivity index (χ1v) is 13.9. The number of piperidine rings is 1. The van der Waals surface area contributed by atoms with Crippen LogP contribution in [0.5, 0.6) is 0 Å². The van der Waals surface area contributed by atoms with Crippen molar-refractivity contribution in [2.24, 2.45) is 0 Å². The van der Waals surface area contributed by atoms with E-state index in [1.807, 2.05) is 39.8 Å². The van der Waals surface area contributed by atoms with Crippen LogP contribution in [0, 0.1) is 0 Å².